The molecule has 1 aliphatic rings. The van der Waals surface area contributed by atoms with Gasteiger partial charge >= 0.3 is 0 Å². The molecule has 3 aromatic heterocycles. The molecule has 0 bridgehead atoms. The van der Waals surface area contributed by atoms with Crippen molar-refractivity contribution in [1.29, 1.82) is 0 Å². The third-order valence-electron chi connectivity index (χ3n) is 5.22. The number of aryl methyl sites for hydroxylation is 2. The molecule has 0 atom stereocenters. The fourth-order valence-electron chi connectivity index (χ4n) is 3.63. The van der Waals surface area contributed by atoms with Crippen molar-refractivity contribution in [2.24, 2.45) is 7.05 Å². The van der Waals surface area contributed by atoms with E-state index in [-0.39, 0.29) is 5.91 Å². The predicted octanol–water partition coefficient (Wildman–Crippen LogP) is 4.25. The molecule has 5 rings (SSSR count). The van der Waals surface area contributed by atoms with Gasteiger partial charge in [-0.15, -0.1) is 0 Å². The molecule has 7 nitrogen and oxygen atoms in total. The molecular formula is C21H19ClN6O. The molecule has 0 aliphatic heterocycles. The van der Waals surface area contributed by atoms with Crippen LogP contribution in [0.25, 0.3) is 16.7 Å². The van der Waals surface area contributed by atoms with Crippen molar-refractivity contribution in [3.05, 3.63) is 65.0 Å². The van der Waals surface area contributed by atoms with Crippen LogP contribution >= 0.6 is 11.6 Å². The molecule has 0 saturated heterocycles. The van der Waals surface area contributed by atoms with Crippen molar-refractivity contribution >= 4 is 34.2 Å². The molecule has 146 valence electrons. The number of carbonyl (C=O) groups excluding carboxylic acids is 1. The highest BCUT2D eigenvalue weighted by molar-refractivity contribution is 6.32. The topological polar surface area (TPSA) is 77.6 Å². The number of anilines is 1. The van der Waals surface area contributed by atoms with Crippen LogP contribution in [0.5, 0.6) is 0 Å². The van der Waals surface area contributed by atoms with Crippen molar-refractivity contribution in [2.45, 2.75) is 25.7 Å². The molecule has 0 unspecified atom stereocenters. The zero-order valence-corrected chi connectivity index (χ0v) is 16.8. The summed E-state index contributed by atoms with van der Waals surface area (Å²) in [5, 5.41) is 8.75. The summed E-state index contributed by atoms with van der Waals surface area (Å²) in [4.78, 5) is 22.0. The second kappa shape index (κ2) is 6.70. The largest absolute Gasteiger partial charge is 0.322 e. The lowest BCUT2D eigenvalue weighted by Gasteiger charge is -2.11. The average Bonchev–Trinajstić information content (AvgIpc) is 3.33. The highest BCUT2D eigenvalue weighted by Crippen LogP contribution is 2.40. The number of amides is 1. The number of nitrogens with zero attached hydrogens (tertiary/aromatic N) is 5. The van der Waals surface area contributed by atoms with Gasteiger partial charge in [0, 0.05) is 36.7 Å². The van der Waals surface area contributed by atoms with Gasteiger partial charge in [-0.1, -0.05) is 11.6 Å². The Hall–Kier alpha value is -3.19. The molecule has 1 aromatic carbocycles. The Bertz CT molecular complexity index is 1240. The lowest BCUT2D eigenvalue weighted by molar-refractivity contribution is 0.102. The number of rotatable bonds is 4. The van der Waals surface area contributed by atoms with Gasteiger partial charge in [-0.25, -0.2) is 9.97 Å². The number of hydrogen-bond acceptors (Lipinski definition) is 4. The standard InChI is InChI=1S/C21H19ClN6O/c1-12-19-15(10-17(13-3-4-13)25-20(19)27(2)26-12)21(29)24-14-5-6-18(16(22)9-14)28-8-7-23-11-28/h5-11,13H,3-4H2,1-2H3,(H,24,29). The van der Waals surface area contributed by atoms with E-state index in [0.717, 1.165) is 41.0 Å². The molecule has 1 aliphatic carbocycles. The third kappa shape index (κ3) is 3.17. The Morgan fingerprint density at radius 3 is 2.79 bits per heavy atom. The second-order valence-corrected chi connectivity index (χ2v) is 7.77. The van der Waals surface area contributed by atoms with E-state index in [1.165, 1.54) is 0 Å². The number of fused-ring (bicyclic) bond motifs is 1. The Balaban J connectivity index is 1.51. The van der Waals surface area contributed by atoms with Gasteiger partial charge in [0.15, 0.2) is 5.65 Å². The van der Waals surface area contributed by atoms with Crippen LogP contribution in [0.2, 0.25) is 5.02 Å². The predicted molar refractivity (Wildman–Crippen MR) is 112 cm³/mol. The molecule has 3 heterocycles. The summed E-state index contributed by atoms with van der Waals surface area (Å²) in [6.45, 7) is 1.90. The average molecular weight is 407 g/mol. The maximum Gasteiger partial charge on any atom is 0.256 e. The van der Waals surface area contributed by atoms with Crippen molar-refractivity contribution in [2.75, 3.05) is 5.32 Å². The first-order valence-electron chi connectivity index (χ1n) is 9.45. The summed E-state index contributed by atoms with van der Waals surface area (Å²) >= 11 is 6.43. The third-order valence-corrected chi connectivity index (χ3v) is 5.52. The van der Waals surface area contributed by atoms with Gasteiger partial charge in [-0.05, 0) is 44.0 Å². The molecule has 1 N–H and O–H groups in total. The lowest BCUT2D eigenvalue weighted by Crippen LogP contribution is -2.14. The van der Waals surface area contributed by atoms with E-state index in [0.29, 0.717) is 22.2 Å². The zero-order chi connectivity index (χ0) is 20.1. The van der Waals surface area contributed by atoms with Crippen LogP contribution < -0.4 is 5.32 Å². The van der Waals surface area contributed by atoms with E-state index < -0.39 is 0 Å². The van der Waals surface area contributed by atoms with Gasteiger partial charge in [0.2, 0.25) is 0 Å². The van der Waals surface area contributed by atoms with Gasteiger partial charge in [-0.3, -0.25) is 9.48 Å². The summed E-state index contributed by atoms with van der Waals surface area (Å²) in [5.74, 6) is 0.243. The fraction of sp³-hybridized carbons (Fsp3) is 0.238. The highest BCUT2D eigenvalue weighted by atomic mass is 35.5. The number of aromatic nitrogens is 5. The molecule has 1 fully saturated rings. The molecule has 8 heteroatoms. The van der Waals surface area contributed by atoms with Crippen LogP contribution in [0.4, 0.5) is 5.69 Å². The number of hydrogen-bond donors (Lipinski definition) is 1. The minimum atomic E-state index is -0.193. The normalized spacial score (nSPS) is 13.8. The molecule has 29 heavy (non-hydrogen) atoms. The fourth-order valence-corrected chi connectivity index (χ4v) is 3.90. The first-order chi connectivity index (χ1) is 14.0. The van der Waals surface area contributed by atoms with Crippen molar-refractivity contribution < 1.29 is 4.79 Å². The molecule has 1 saturated carbocycles. The highest BCUT2D eigenvalue weighted by Gasteiger charge is 2.28. The van der Waals surface area contributed by atoms with Crippen molar-refractivity contribution in [3.8, 4) is 5.69 Å². The Kier molecular flexibility index (Phi) is 4.13. The van der Waals surface area contributed by atoms with Crippen LogP contribution in [0, 0.1) is 6.92 Å². The number of pyridine rings is 1. The smallest absolute Gasteiger partial charge is 0.256 e. The van der Waals surface area contributed by atoms with Crippen LogP contribution in [0.1, 0.15) is 40.5 Å². The second-order valence-electron chi connectivity index (χ2n) is 7.37. The lowest BCUT2D eigenvalue weighted by atomic mass is 10.1. The van der Waals surface area contributed by atoms with Gasteiger partial charge < -0.3 is 9.88 Å². The molecule has 4 aromatic rings. The summed E-state index contributed by atoms with van der Waals surface area (Å²) in [6.07, 6.45) is 7.41. The Morgan fingerprint density at radius 2 is 2.10 bits per heavy atom. The monoisotopic (exact) mass is 406 g/mol. The number of carbonyl (C=O) groups is 1. The van der Waals surface area contributed by atoms with E-state index in [2.05, 4.69) is 15.4 Å². The quantitative estimate of drug-likeness (QED) is 0.549. The number of halogens is 1. The van der Waals surface area contributed by atoms with Crippen LogP contribution in [0.3, 0.4) is 0 Å². The minimum absolute atomic E-state index is 0.193. The molecule has 0 spiro atoms. The number of nitrogens with one attached hydrogen (secondary N) is 1. The van der Waals surface area contributed by atoms with Gasteiger partial charge in [0.25, 0.3) is 5.91 Å². The van der Waals surface area contributed by atoms with E-state index >= 15 is 0 Å². The van der Waals surface area contributed by atoms with Crippen molar-refractivity contribution in [3.63, 3.8) is 0 Å². The number of imidazole rings is 1. The zero-order valence-electron chi connectivity index (χ0n) is 16.1. The summed E-state index contributed by atoms with van der Waals surface area (Å²) < 4.78 is 3.56. The SMILES string of the molecule is Cc1nn(C)c2nc(C3CC3)cc(C(=O)Nc3ccc(-n4ccnc4)c(Cl)c3)c12. The Morgan fingerprint density at radius 1 is 1.28 bits per heavy atom. The van der Waals surface area contributed by atoms with E-state index in [9.17, 15) is 4.79 Å². The summed E-state index contributed by atoms with van der Waals surface area (Å²) in [7, 11) is 1.86. The molecule has 1 amide bonds. The van der Waals surface area contributed by atoms with E-state index in [4.69, 9.17) is 16.6 Å². The Labute approximate surface area is 172 Å². The van der Waals surface area contributed by atoms with E-state index in [1.54, 1.807) is 23.3 Å². The van der Waals surface area contributed by atoms with E-state index in [1.807, 2.05) is 42.9 Å². The van der Waals surface area contributed by atoms with Crippen LogP contribution in [0.15, 0.2) is 43.0 Å². The minimum Gasteiger partial charge on any atom is -0.322 e. The van der Waals surface area contributed by atoms with Gasteiger partial charge in [0.1, 0.15) is 0 Å². The van der Waals surface area contributed by atoms with Crippen LogP contribution in [-0.2, 0) is 7.05 Å². The van der Waals surface area contributed by atoms with Crippen LogP contribution in [-0.4, -0.2) is 30.2 Å². The summed E-state index contributed by atoms with van der Waals surface area (Å²) in [6, 6.07) is 7.33. The van der Waals surface area contributed by atoms with Gasteiger partial charge in [-0.2, -0.15) is 5.10 Å². The number of benzene rings is 1. The van der Waals surface area contributed by atoms with Gasteiger partial charge in [0.05, 0.1) is 33.7 Å². The first kappa shape index (κ1) is 17.9. The van der Waals surface area contributed by atoms with Crippen molar-refractivity contribution in [1.82, 2.24) is 24.3 Å². The molecule has 0 radical (unpaired) electrons. The maximum atomic E-state index is 13.2. The first-order valence-corrected chi connectivity index (χ1v) is 9.82. The molecular weight excluding hydrogens is 388 g/mol. The summed E-state index contributed by atoms with van der Waals surface area (Å²) in [5.41, 5.74) is 4.51. The maximum absolute atomic E-state index is 13.2.